The molecule has 0 saturated carbocycles. The molecule has 0 radical (unpaired) electrons. The zero-order chi connectivity index (χ0) is 21.0. The molecule has 2 aromatic heterocycles. The maximum absolute atomic E-state index is 12.6. The lowest BCUT2D eigenvalue weighted by molar-refractivity contribution is -0.116. The van der Waals surface area contributed by atoms with Crippen molar-refractivity contribution in [2.45, 2.75) is 6.92 Å². The van der Waals surface area contributed by atoms with Crippen LogP contribution in [0.4, 0.5) is 10.8 Å². The molecule has 0 bridgehead atoms. The summed E-state index contributed by atoms with van der Waals surface area (Å²) in [5.74, 6) is 0.131. The number of pyridine rings is 1. The van der Waals surface area contributed by atoms with Gasteiger partial charge in [-0.3, -0.25) is 14.9 Å². The van der Waals surface area contributed by atoms with E-state index in [4.69, 9.17) is 9.47 Å². The third-order valence-electron chi connectivity index (χ3n) is 4.10. The van der Waals surface area contributed by atoms with Crippen molar-refractivity contribution < 1.29 is 19.1 Å². The molecule has 2 amide bonds. The predicted octanol–water partition coefficient (Wildman–Crippen LogP) is 3.71. The van der Waals surface area contributed by atoms with Crippen LogP contribution in [0.3, 0.4) is 0 Å². The van der Waals surface area contributed by atoms with Gasteiger partial charge in [0.1, 0.15) is 15.9 Å². The minimum absolute atomic E-state index is 0.117. The van der Waals surface area contributed by atoms with Gasteiger partial charge in [0.15, 0.2) is 5.13 Å². The molecule has 0 aliphatic rings. The quantitative estimate of drug-likeness (QED) is 0.520. The molecule has 0 fully saturated rings. The third-order valence-corrected chi connectivity index (χ3v) is 5.53. The van der Waals surface area contributed by atoms with Gasteiger partial charge in [-0.1, -0.05) is 11.3 Å². The first-order valence-corrected chi connectivity index (χ1v) is 10.2. The number of rotatable bonds is 7. The highest BCUT2D eigenvalue weighted by atomic mass is 79.9. The van der Waals surface area contributed by atoms with Crippen LogP contribution in [0.1, 0.15) is 17.3 Å². The molecule has 1 N–H and O–H groups in total. The molecular weight excluding hydrogens is 460 g/mol. The van der Waals surface area contributed by atoms with Crippen molar-refractivity contribution in [2.75, 3.05) is 37.6 Å². The Morgan fingerprint density at radius 2 is 2.07 bits per heavy atom. The topological polar surface area (TPSA) is 93.6 Å². The highest BCUT2D eigenvalue weighted by Gasteiger charge is 2.20. The molecule has 3 aromatic rings. The lowest BCUT2D eigenvalue weighted by Crippen LogP contribution is -2.31. The second-order valence-electron chi connectivity index (χ2n) is 5.97. The number of benzene rings is 1. The smallest absolute Gasteiger partial charge is 0.257 e. The summed E-state index contributed by atoms with van der Waals surface area (Å²) in [6.45, 7) is 2.29. The van der Waals surface area contributed by atoms with E-state index in [0.29, 0.717) is 45.4 Å². The Morgan fingerprint density at radius 3 is 2.72 bits per heavy atom. The van der Waals surface area contributed by atoms with Crippen LogP contribution < -0.4 is 15.0 Å². The number of carbonyl (C=O) groups is 2. The van der Waals surface area contributed by atoms with Crippen molar-refractivity contribution in [2.24, 2.45) is 0 Å². The van der Waals surface area contributed by atoms with Gasteiger partial charge in [0, 0.05) is 32.3 Å². The number of carbonyl (C=O) groups excluding carboxylic acids is 2. The van der Waals surface area contributed by atoms with Crippen molar-refractivity contribution in [1.29, 1.82) is 0 Å². The lowest BCUT2D eigenvalue weighted by atomic mass is 10.2. The maximum Gasteiger partial charge on any atom is 0.257 e. The van der Waals surface area contributed by atoms with E-state index in [1.54, 1.807) is 43.5 Å². The molecule has 152 valence electrons. The molecule has 0 atom stereocenters. The van der Waals surface area contributed by atoms with Crippen molar-refractivity contribution in [3.8, 4) is 5.75 Å². The van der Waals surface area contributed by atoms with Gasteiger partial charge in [-0.05, 0) is 40.2 Å². The normalized spacial score (nSPS) is 10.8. The fourth-order valence-corrected chi connectivity index (χ4v) is 4.11. The number of hydrogen-bond acceptors (Lipinski definition) is 7. The number of amides is 2. The average molecular weight is 479 g/mol. The standard InChI is InChI=1S/C19H19BrN4O4S/c1-11(25)24(8-9-27-2)13-4-5-14(28-3)16-17(13)29-19(22-16)23-18(26)12-6-7-21-15(20)10-12/h4-7,10H,8-9H2,1-3H3,(H,22,23,26). The zero-order valence-electron chi connectivity index (χ0n) is 16.1. The molecule has 2 heterocycles. The van der Waals surface area contributed by atoms with Crippen molar-refractivity contribution in [3.05, 3.63) is 40.6 Å². The van der Waals surface area contributed by atoms with Crippen LogP contribution in [0.2, 0.25) is 0 Å². The van der Waals surface area contributed by atoms with Crippen LogP contribution in [-0.2, 0) is 9.53 Å². The summed E-state index contributed by atoms with van der Waals surface area (Å²) in [5.41, 5.74) is 1.71. The largest absolute Gasteiger partial charge is 0.494 e. The summed E-state index contributed by atoms with van der Waals surface area (Å²) in [4.78, 5) is 34.9. The van der Waals surface area contributed by atoms with Crippen LogP contribution in [0.15, 0.2) is 35.1 Å². The number of methoxy groups -OCH3 is 2. The van der Waals surface area contributed by atoms with Gasteiger partial charge in [0.25, 0.3) is 5.91 Å². The first-order valence-electron chi connectivity index (χ1n) is 8.62. The number of ether oxygens (including phenoxy) is 2. The Labute approximate surface area is 180 Å². The maximum atomic E-state index is 12.6. The van der Waals surface area contributed by atoms with Crippen LogP contribution in [0, 0.1) is 0 Å². The third kappa shape index (κ3) is 4.72. The van der Waals surface area contributed by atoms with Gasteiger partial charge < -0.3 is 14.4 Å². The number of anilines is 2. The molecule has 1 aromatic carbocycles. The number of nitrogens with one attached hydrogen (secondary N) is 1. The summed E-state index contributed by atoms with van der Waals surface area (Å²) in [5, 5.41) is 3.20. The van der Waals surface area contributed by atoms with Gasteiger partial charge in [0.2, 0.25) is 5.91 Å². The average Bonchev–Trinajstić information content (AvgIpc) is 3.11. The molecule has 0 aliphatic carbocycles. The number of nitrogens with zero attached hydrogens (tertiary/aromatic N) is 3. The van der Waals surface area contributed by atoms with E-state index >= 15 is 0 Å². The second kappa shape index (κ2) is 9.29. The molecule has 29 heavy (non-hydrogen) atoms. The van der Waals surface area contributed by atoms with E-state index in [-0.39, 0.29) is 11.8 Å². The molecule has 0 saturated heterocycles. The van der Waals surface area contributed by atoms with E-state index in [1.807, 2.05) is 6.07 Å². The van der Waals surface area contributed by atoms with E-state index in [0.717, 1.165) is 4.70 Å². The van der Waals surface area contributed by atoms with E-state index in [1.165, 1.54) is 18.3 Å². The highest BCUT2D eigenvalue weighted by molar-refractivity contribution is 9.10. The minimum atomic E-state index is -0.310. The SMILES string of the molecule is COCCN(C(C)=O)c1ccc(OC)c2nc(NC(=O)c3ccnc(Br)c3)sc12. The van der Waals surface area contributed by atoms with Crippen molar-refractivity contribution in [1.82, 2.24) is 9.97 Å². The first kappa shape index (κ1) is 21.2. The Balaban J connectivity index is 2.00. The second-order valence-corrected chi connectivity index (χ2v) is 7.78. The summed E-state index contributed by atoms with van der Waals surface area (Å²) >= 11 is 4.53. The first-order chi connectivity index (χ1) is 13.9. The van der Waals surface area contributed by atoms with Gasteiger partial charge in [-0.2, -0.15) is 0 Å². The number of thiazole rings is 1. The molecule has 3 rings (SSSR count). The summed E-state index contributed by atoms with van der Waals surface area (Å²) in [7, 11) is 3.13. The van der Waals surface area contributed by atoms with Crippen molar-refractivity contribution >= 4 is 60.1 Å². The summed E-state index contributed by atoms with van der Waals surface area (Å²) < 4.78 is 11.8. The van der Waals surface area contributed by atoms with Crippen LogP contribution >= 0.6 is 27.3 Å². The molecule has 0 unspecified atom stereocenters. The van der Waals surface area contributed by atoms with E-state index in [2.05, 4.69) is 31.2 Å². The van der Waals surface area contributed by atoms with Crippen LogP contribution in [0.5, 0.6) is 5.75 Å². The van der Waals surface area contributed by atoms with E-state index < -0.39 is 0 Å². The molecule has 10 heteroatoms. The number of hydrogen-bond donors (Lipinski definition) is 1. The van der Waals surface area contributed by atoms with Gasteiger partial charge in [-0.15, -0.1) is 0 Å². The molecule has 0 spiro atoms. The fourth-order valence-electron chi connectivity index (χ4n) is 2.74. The molecular formula is C19H19BrN4O4S. The number of fused-ring (bicyclic) bond motifs is 1. The lowest BCUT2D eigenvalue weighted by Gasteiger charge is -2.21. The minimum Gasteiger partial charge on any atom is -0.494 e. The van der Waals surface area contributed by atoms with Gasteiger partial charge >= 0.3 is 0 Å². The number of aromatic nitrogens is 2. The van der Waals surface area contributed by atoms with Crippen molar-refractivity contribution in [3.63, 3.8) is 0 Å². The summed E-state index contributed by atoms with van der Waals surface area (Å²) in [6.07, 6.45) is 1.54. The Bertz CT molecular complexity index is 1060. The van der Waals surface area contributed by atoms with Gasteiger partial charge in [-0.25, -0.2) is 9.97 Å². The Kier molecular flexibility index (Phi) is 6.78. The van der Waals surface area contributed by atoms with Crippen LogP contribution in [0.25, 0.3) is 10.2 Å². The number of halogens is 1. The molecule has 0 aliphatic heterocycles. The van der Waals surface area contributed by atoms with Crippen LogP contribution in [-0.4, -0.2) is 49.2 Å². The van der Waals surface area contributed by atoms with Gasteiger partial charge in [0.05, 0.1) is 24.1 Å². The molecule has 8 nitrogen and oxygen atoms in total. The summed E-state index contributed by atoms with van der Waals surface area (Å²) in [6, 6.07) is 6.80. The fraction of sp³-hybridized carbons (Fsp3) is 0.263. The highest BCUT2D eigenvalue weighted by Crippen LogP contribution is 2.39. The monoisotopic (exact) mass is 478 g/mol. The predicted molar refractivity (Wildman–Crippen MR) is 116 cm³/mol. The zero-order valence-corrected chi connectivity index (χ0v) is 18.5. The Morgan fingerprint density at radius 1 is 1.28 bits per heavy atom. The van der Waals surface area contributed by atoms with E-state index in [9.17, 15) is 9.59 Å². The Hall–Kier alpha value is -2.56.